The van der Waals surface area contributed by atoms with Gasteiger partial charge >= 0.3 is 0 Å². The summed E-state index contributed by atoms with van der Waals surface area (Å²) in [6, 6.07) is 0. The number of sulfonamides is 1. The minimum atomic E-state index is -3.71. The number of aliphatic hydroxyl groups excluding tert-OH is 1. The summed E-state index contributed by atoms with van der Waals surface area (Å²) < 4.78 is 27.6. The Kier molecular flexibility index (Phi) is 2.87. The number of β-amino-alcohol motifs (C(OH)–C–C–N with tert-alkyl or cyclic N) is 1. The molecule has 9 heteroatoms. The topological polar surface area (TPSA) is 74.9 Å². The van der Waals surface area contributed by atoms with Gasteiger partial charge in [-0.2, -0.15) is 4.31 Å². The van der Waals surface area contributed by atoms with Gasteiger partial charge in [0.1, 0.15) is 0 Å². The number of nitrogens with zero attached hydrogens (tertiary/aromatic N) is 3. The molecule has 1 aliphatic heterocycles. The van der Waals surface area contributed by atoms with Crippen LogP contribution >= 0.6 is 22.9 Å². The summed E-state index contributed by atoms with van der Waals surface area (Å²) >= 11 is 7.23. The predicted octanol–water partition coefficient (Wildman–Crippen LogP) is 0.804. The van der Waals surface area contributed by atoms with Gasteiger partial charge in [0.15, 0.2) is 15.1 Å². The Labute approximate surface area is 112 Å². The Morgan fingerprint density at radius 2 is 2.33 bits per heavy atom. The molecule has 98 valence electrons. The highest BCUT2D eigenvalue weighted by Crippen LogP contribution is 2.29. The van der Waals surface area contributed by atoms with Crippen LogP contribution in [0.3, 0.4) is 0 Å². The maximum atomic E-state index is 12.4. The molecule has 0 aliphatic carbocycles. The molecule has 1 atom stereocenters. The second-order valence-electron chi connectivity index (χ2n) is 4.07. The Morgan fingerprint density at radius 1 is 1.56 bits per heavy atom. The van der Waals surface area contributed by atoms with E-state index in [9.17, 15) is 13.5 Å². The van der Waals surface area contributed by atoms with Gasteiger partial charge in [-0.15, -0.1) is 11.3 Å². The van der Waals surface area contributed by atoms with Crippen molar-refractivity contribution in [3.05, 3.63) is 16.7 Å². The lowest BCUT2D eigenvalue weighted by Gasteiger charge is -2.14. The van der Waals surface area contributed by atoms with Crippen molar-refractivity contribution in [1.82, 2.24) is 13.7 Å². The molecule has 0 amide bonds. The molecule has 2 aromatic heterocycles. The van der Waals surface area contributed by atoms with Crippen molar-refractivity contribution in [2.24, 2.45) is 0 Å². The number of imidazole rings is 1. The fourth-order valence-electron chi connectivity index (χ4n) is 2.02. The number of rotatable bonds is 2. The van der Waals surface area contributed by atoms with E-state index in [1.807, 2.05) is 0 Å². The molecular formula is C9H10ClN3O3S2. The van der Waals surface area contributed by atoms with Crippen molar-refractivity contribution in [3.8, 4) is 0 Å². The minimum absolute atomic E-state index is 0.0190. The molecule has 3 rings (SSSR count). The summed E-state index contributed by atoms with van der Waals surface area (Å²) in [6.07, 6.45) is 1.46. The second-order valence-corrected chi connectivity index (χ2v) is 7.15. The van der Waals surface area contributed by atoms with E-state index >= 15 is 0 Å². The van der Waals surface area contributed by atoms with E-state index in [2.05, 4.69) is 4.98 Å². The summed E-state index contributed by atoms with van der Waals surface area (Å²) in [4.78, 5) is 4.55. The van der Waals surface area contributed by atoms with Crippen molar-refractivity contribution in [3.63, 3.8) is 0 Å². The Morgan fingerprint density at radius 3 is 3.00 bits per heavy atom. The molecule has 3 heterocycles. The van der Waals surface area contributed by atoms with Crippen LogP contribution in [0.15, 0.2) is 16.6 Å². The molecule has 2 aromatic rings. The largest absolute Gasteiger partial charge is 0.392 e. The number of hydrogen-bond acceptors (Lipinski definition) is 5. The first-order chi connectivity index (χ1) is 8.50. The van der Waals surface area contributed by atoms with Crippen LogP contribution in [-0.4, -0.2) is 46.4 Å². The summed E-state index contributed by atoms with van der Waals surface area (Å²) in [7, 11) is -3.71. The summed E-state index contributed by atoms with van der Waals surface area (Å²) in [5, 5.41) is 11.1. The molecule has 1 aliphatic rings. The first-order valence-electron chi connectivity index (χ1n) is 5.29. The quantitative estimate of drug-likeness (QED) is 0.890. The van der Waals surface area contributed by atoms with Crippen molar-refractivity contribution >= 4 is 37.9 Å². The number of aromatic nitrogens is 2. The van der Waals surface area contributed by atoms with Crippen LogP contribution < -0.4 is 0 Å². The summed E-state index contributed by atoms with van der Waals surface area (Å²) in [5.74, 6) is 0. The first kappa shape index (κ1) is 12.4. The van der Waals surface area contributed by atoms with Gasteiger partial charge in [0.05, 0.1) is 6.10 Å². The number of hydrogen-bond donors (Lipinski definition) is 1. The lowest BCUT2D eigenvalue weighted by atomic mass is 10.3. The molecule has 0 bridgehead atoms. The van der Waals surface area contributed by atoms with E-state index in [0.29, 0.717) is 17.9 Å². The van der Waals surface area contributed by atoms with Crippen LogP contribution in [0.25, 0.3) is 4.96 Å². The molecule has 1 N–H and O–H groups in total. The minimum Gasteiger partial charge on any atom is -0.392 e. The predicted molar refractivity (Wildman–Crippen MR) is 67.5 cm³/mol. The highest BCUT2D eigenvalue weighted by atomic mass is 35.5. The number of halogens is 1. The molecular weight excluding hydrogens is 298 g/mol. The second kappa shape index (κ2) is 4.17. The zero-order valence-corrected chi connectivity index (χ0v) is 11.5. The molecule has 0 spiro atoms. The van der Waals surface area contributed by atoms with Crippen LogP contribution in [0, 0.1) is 0 Å². The monoisotopic (exact) mass is 307 g/mol. The van der Waals surface area contributed by atoms with Crippen LogP contribution in [-0.2, 0) is 10.0 Å². The third-order valence-electron chi connectivity index (χ3n) is 2.89. The molecule has 0 saturated carbocycles. The third-order valence-corrected chi connectivity index (χ3v) is 5.91. The van der Waals surface area contributed by atoms with Crippen LogP contribution in [0.5, 0.6) is 0 Å². The average Bonchev–Trinajstić information content (AvgIpc) is 2.92. The summed E-state index contributed by atoms with van der Waals surface area (Å²) in [5.41, 5.74) is 0. The zero-order valence-electron chi connectivity index (χ0n) is 9.15. The average molecular weight is 308 g/mol. The first-order valence-corrected chi connectivity index (χ1v) is 7.99. The molecule has 0 unspecified atom stereocenters. The standard InChI is InChI=1S/C9H10ClN3O3S2/c10-7-8(13-3-4-17-9(13)11-7)18(15,16)12-2-1-6(14)5-12/h3-4,6,14H,1-2,5H2/t6-/m0/s1. The van der Waals surface area contributed by atoms with Gasteiger partial charge in [0.25, 0.3) is 10.0 Å². The maximum Gasteiger partial charge on any atom is 0.262 e. The Balaban J connectivity index is 2.13. The van der Waals surface area contributed by atoms with E-state index in [4.69, 9.17) is 11.6 Å². The van der Waals surface area contributed by atoms with Gasteiger partial charge in [0, 0.05) is 24.7 Å². The smallest absolute Gasteiger partial charge is 0.262 e. The van der Waals surface area contributed by atoms with E-state index in [1.54, 1.807) is 11.6 Å². The number of thiazole rings is 1. The van der Waals surface area contributed by atoms with E-state index in [0.717, 1.165) is 0 Å². The number of fused-ring (bicyclic) bond motifs is 1. The SMILES string of the molecule is O=S(=O)(c1c(Cl)nc2sccn12)N1CC[C@H](O)C1. The van der Waals surface area contributed by atoms with Gasteiger partial charge in [0.2, 0.25) is 0 Å². The molecule has 1 fully saturated rings. The highest BCUT2D eigenvalue weighted by Gasteiger charge is 2.35. The Hall–Kier alpha value is -0.670. The molecule has 0 aromatic carbocycles. The maximum absolute atomic E-state index is 12.4. The molecule has 18 heavy (non-hydrogen) atoms. The van der Waals surface area contributed by atoms with Gasteiger partial charge < -0.3 is 5.11 Å². The van der Waals surface area contributed by atoms with Crippen LogP contribution in [0.4, 0.5) is 0 Å². The molecule has 6 nitrogen and oxygen atoms in total. The van der Waals surface area contributed by atoms with Gasteiger partial charge in [-0.25, -0.2) is 13.4 Å². The number of aliphatic hydroxyl groups is 1. The normalized spacial score (nSPS) is 22.0. The van der Waals surface area contributed by atoms with Gasteiger partial charge in [-0.05, 0) is 6.42 Å². The van der Waals surface area contributed by atoms with E-state index < -0.39 is 16.1 Å². The zero-order chi connectivity index (χ0) is 12.9. The molecule has 0 radical (unpaired) electrons. The Bertz CT molecular complexity index is 693. The molecule has 1 saturated heterocycles. The van der Waals surface area contributed by atoms with E-state index in [-0.39, 0.29) is 16.7 Å². The van der Waals surface area contributed by atoms with Crippen LogP contribution in [0.2, 0.25) is 5.15 Å². The lowest BCUT2D eigenvalue weighted by Crippen LogP contribution is -2.30. The fraction of sp³-hybridized carbons (Fsp3) is 0.444. The summed E-state index contributed by atoms with van der Waals surface area (Å²) in [6.45, 7) is 0.410. The van der Waals surface area contributed by atoms with Gasteiger partial charge in [-0.1, -0.05) is 11.6 Å². The van der Waals surface area contributed by atoms with Gasteiger partial charge in [-0.3, -0.25) is 4.40 Å². The van der Waals surface area contributed by atoms with Crippen molar-refractivity contribution in [2.75, 3.05) is 13.1 Å². The van der Waals surface area contributed by atoms with E-state index in [1.165, 1.54) is 20.0 Å². The third kappa shape index (κ3) is 1.76. The van der Waals surface area contributed by atoms with Crippen molar-refractivity contribution in [2.45, 2.75) is 17.6 Å². The fourth-order valence-corrected chi connectivity index (χ4v) is 4.92. The van der Waals surface area contributed by atoms with Crippen molar-refractivity contribution in [1.29, 1.82) is 0 Å². The van der Waals surface area contributed by atoms with Crippen LogP contribution in [0.1, 0.15) is 6.42 Å². The lowest BCUT2D eigenvalue weighted by molar-refractivity contribution is 0.189. The highest BCUT2D eigenvalue weighted by molar-refractivity contribution is 7.89. The van der Waals surface area contributed by atoms with Crippen molar-refractivity contribution < 1.29 is 13.5 Å².